The van der Waals surface area contributed by atoms with Crippen LogP contribution in [0.3, 0.4) is 0 Å². The highest BCUT2D eigenvalue weighted by Crippen LogP contribution is 2.19. The predicted molar refractivity (Wildman–Crippen MR) is 74.1 cm³/mol. The van der Waals surface area contributed by atoms with Crippen LogP contribution in [0.5, 0.6) is 0 Å². The molecule has 0 amide bonds. The highest BCUT2D eigenvalue weighted by molar-refractivity contribution is 5.58. The number of aliphatic hydroxyl groups is 1. The molecule has 0 fully saturated rings. The fourth-order valence-electron chi connectivity index (χ4n) is 1.85. The van der Waals surface area contributed by atoms with Gasteiger partial charge in [-0.3, -0.25) is 0 Å². The number of nitrogens with one attached hydrogen (secondary N) is 1. The van der Waals surface area contributed by atoms with Crippen LogP contribution < -0.4 is 11.1 Å². The molecule has 0 bridgehead atoms. The van der Waals surface area contributed by atoms with Crippen molar-refractivity contribution >= 4 is 11.4 Å². The van der Waals surface area contributed by atoms with Crippen molar-refractivity contribution in [3.05, 3.63) is 23.8 Å². The summed E-state index contributed by atoms with van der Waals surface area (Å²) in [5.74, 6) is 0.465. The molecule has 1 aromatic rings. The van der Waals surface area contributed by atoms with Gasteiger partial charge in [0.25, 0.3) is 0 Å². The molecule has 1 unspecified atom stereocenters. The SMILES string of the molecule is CCC(CCO)CNc1ccc(N)c(CC#N)c1. The molecule has 0 saturated carbocycles. The van der Waals surface area contributed by atoms with Gasteiger partial charge in [-0.15, -0.1) is 0 Å². The molecule has 4 heteroatoms. The van der Waals surface area contributed by atoms with E-state index in [1.54, 1.807) is 0 Å². The molecule has 4 nitrogen and oxygen atoms in total. The van der Waals surface area contributed by atoms with Crippen molar-refractivity contribution in [1.82, 2.24) is 0 Å². The Bertz CT molecular complexity index is 412. The summed E-state index contributed by atoms with van der Waals surface area (Å²) in [5, 5.41) is 21.0. The van der Waals surface area contributed by atoms with E-state index in [2.05, 4.69) is 18.3 Å². The molecular formula is C14H21N3O. The third kappa shape index (κ3) is 4.27. The molecule has 0 aliphatic rings. The minimum atomic E-state index is 0.224. The first-order chi connectivity index (χ1) is 8.71. The van der Waals surface area contributed by atoms with E-state index in [4.69, 9.17) is 16.1 Å². The number of hydrogen-bond acceptors (Lipinski definition) is 4. The number of aliphatic hydroxyl groups excluding tert-OH is 1. The Morgan fingerprint density at radius 3 is 2.89 bits per heavy atom. The van der Waals surface area contributed by atoms with Crippen molar-refractivity contribution in [2.45, 2.75) is 26.2 Å². The average molecular weight is 247 g/mol. The van der Waals surface area contributed by atoms with Crippen LogP contribution in [0, 0.1) is 17.2 Å². The standard InChI is InChI=1S/C14H21N3O/c1-2-11(6-8-18)10-17-13-3-4-14(16)12(9-13)5-7-15/h3-4,9,11,17-18H,2,5-6,8,10,16H2,1H3. The third-order valence-electron chi connectivity index (χ3n) is 3.12. The molecule has 1 aromatic carbocycles. The first-order valence-corrected chi connectivity index (χ1v) is 6.31. The molecular weight excluding hydrogens is 226 g/mol. The first kappa shape index (κ1) is 14.3. The summed E-state index contributed by atoms with van der Waals surface area (Å²) in [5.41, 5.74) is 8.29. The zero-order chi connectivity index (χ0) is 13.4. The molecule has 1 atom stereocenters. The van der Waals surface area contributed by atoms with Gasteiger partial charge in [0.15, 0.2) is 0 Å². The smallest absolute Gasteiger partial charge is 0.0670 e. The van der Waals surface area contributed by atoms with Crippen LogP contribution in [0.25, 0.3) is 0 Å². The summed E-state index contributed by atoms with van der Waals surface area (Å²) in [7, 11) is 0. The minimum absolute atomic E-state index is 0.224. The quantitative estimate of drug-likeness (QED) is 0.645. The number of anilines is 2. The van der Waals surface area contributed by atoms with Gasteiger partial charge in [-0.1, -0.05) is 13.3 Å². The number of nitrogen functional groups attached to an aromatic ring is 1. The monoisotopic (exact) mass is 247 g/mol. The topological polar surface area (TPSA) is 82.1 Å². The lowest BCUT2D eigenvalue weighted by atomic mass is 10.0. The summed E-state index contributed by atoms with van der Waals surface area (Å²) in [6.07, 6.45) is 2.17. The molecule has 0 aliphatic heterocycles. The van der Waals surface area contributed by atoms with Gasteiger partial charge in [-0.25, -0.2) is 0 Å². The Morgan fingerprint density at radius 1 is 1.50 bits per heavy atom. The van der Waals surface area contributed by atoms with Crippen molar-refractivity contribution in [2.75, 3.05) is 24.2 Å². The minimum Gasteiger partial charge on any atom is -0.398 e. The molecule has 98 valence electrons. The Kier molecular flexibility index (Phi) is 6.03. The first-order valence-electron chi connectivity index (χ1n) is 6.31. The van der Waals surface area contributed by atoms with E-state index in [0.29, 0.717) is 18.0 Å². The van der Waals surface area contributed by atoms with Gasteiger partial charge in [0.05, 0.1) is 12.5 Å². The normalized spacial score (nSPS) is 11.8. The van der Waals surface area contributed by atoms with E-state index in [-0.39, 0.29) is 6.61 Å². The van der Waals surface area contributed by atoms with Gasteiger partial charge in [-0.05, 0) is 36.1 Å². The van der Waals surface area contributed by atoms with E-state index >= 15 is 0 Å². The lowest BCUT2D eigenvalue weighted by Gasteiger charge is -2.16. The van der Waals surface area contributed by atoms with Crippen LogP contribution in [0.4, 0.5) is 11.4 Å². The van der Waals surface area contributed by atoms with Gasteiger partial charge >= 0.3 is 0 Å². The molecule has 4 N–H and O–H groups in total. The van der Waals surface area contributed by atoms with Crippen LogP contribution in [-0.4, -0.2) is 18.3 Å². The number of nitriles is 1. The number of benzene rings is 1. The van der Waals surface area contributed by atoms with Gasteiger partial charge in [0.2, 0.25) is 0 Å². The fraction of sp³-hybridized carbons (Fsp3) is 0.500. The molecule has 18 heavy (non-hydrogen) atoms. The van der Waals surface area contributed by atoms with Gasteiger partial charge in [0.1, 0.15) is 0 Å². The number of rotatable bonds is 7. The van der Waals surface area contributed by atoms with E-state index in [0.717, 1.165) is 30.6 Å². The van der Waals surface area contributed by atoms with E-state index in [1.807, 2.05) is 18.2 Å². The molecule has 0 aromatic heterocycles. The van der Waals surface area contributed by atoms with Gasteiger partial charge in [-0.2, -0.15) is 5.26 Å². The van der Waals surface area contributed by atoms with Gasteiger partial charge < -0.3 is 16.2 Å². The number of nitrogens with zero attached hydrogens (tertiary/aromatic N) is 1. The maximum atomic E-state index is 8.94. The highest BCUT2D eigenvalue weighted by atomic mass is 16.3. The van der Waals surface area contributed by atoms with E-state index in [9.17, 15) is 0 Å². The number of nitrogens with two attached hydrogens (primary N) is 1. The Balaban J connectivity index is 2.62. The summed E-state index contributed by atoms with van der Waals surface area (Å²) in [4.78, 5) is 0. The van der Waals surface area contributed by atoms with Crippen LogP contribution >= 0.6 is 0 Å². The van der Waals surface area contributed by atoms with Crippen LogP contribution in [-0.2, 0) is 6.42 Å². The Morgan fingerprint density at radius 2 is 2.28 bits per heavy atom. The fourth-order valence-corrected chi connectivity index (χ4v) is 1.85. The van der Waals surface area contributed by atoms with Crippen molar-refractivity contribution in [3.8, 4) is 6.07 Å². The molecule has 0 aliphatic carbocycles. The van der Waals surface area contributed by atoms with E-state index in [1.165, 1.54) is 0 Å². The summed E-state index contributed by atoms with van der Waals surface area (Å²) in [6.45, 7) is 3.17. The van der Waals surface area contributed by atoms with Crippen molar-refractivity contribution in [1.29, 1.82) is 5.26 Å². The average Bonchev–Trinajstić information content (AvgIpc) is 2.38. The summed E-state index contributed by atoms with van der Waals surface area (Å²) >= 11 is 0. The predicted octanol–water partition coefficient (Wildman–Crippen LogP) is 2.16. The molecule has 0 radical (unpaired) electrons. The van der Waals surface area contributed by atoms with Crippen molar-refractivity contribution in [3.63, 3.8) is 0 Å². The van der Waals surface area contributed by atoms with Crippen LogP contribution in [0.15, 0.2) is 18.2 Å². The number of hydrogen-bond donors (Lipinski definition) is 3. The lowest BCUT2D eigenvalue weighted by molar-refractivity contribution is 0.258. The van der Waals surface area contributed by atoms with E-state index < -0.39 is 0 Å². The zero-order valence-corrected chi connectivity index (χ0v) is 10.8. The van der Waals surface area contributed by atoms with Gasteiger partial charge in [0, 0.05) is 24.5 Å². The Labute approximate surface area is 108 Å². The second-order valence-electron chi connectivity index (χ2n) is 4.42. The van der Waals surface area contributed by atoms with Crippen LogP contribution in [0.2, 0.25) is 0 Å². The second kappa shape index (κ2) is 7.57. The van der Waals surface area contributed by atoms with Crippen LogP contribution in [0.1, 0.15) is 25.3 Å². The second-order valence-corrected chi connectivity index (χ2v) is 4.42. The zero-order valence-electron chi connectivity index (χ0n) is 10.8. The molecule has 0 spiro atoms. The molecule has 1 rings (SSSR count). The largest absolute Gasteiger partial charge is 0.398 e. The summed E-state index contributed by atoms with van der Waals surface area (Å²) in [6, 6.07) is 7.77. The lowest BCUT2D eigenvalue weighted by Crippen LogP contribution is -2.15. The molecule has 0 heterocycles. The maximum Gasteiger partial charge on any atom is 0.0670 e. The molecule has 0 saturated heterocycles. The third-order valence-corrected chi connectivity index (χ3v) is 3.12. The maximum absolute atomic E-state index is 8.94. The highest BCUT2D eigenvalue weighted by Gasteiger charge is 2.06. The van der Waals surface area contributed by atoms with Crippen molar-refractivity contribution < 1.29 is 5.11 Å². The Hall–Kier alpha value is -1.73. The summed E-state index contributed by atoms with van der Waals surface area (Å²) < 4.78 is 0. The van der Waals surface area contributed by atoms with Crippen molar-refractivity contribution in [2.24, 2.45) is 5.92 Å².